The maximum atomic E-state index is 11.2. The number of hydrogen-bond acceptors (Lipinski definition) is 3. The van der Waals surface area contributed by atoms with Gasteiger partial charge in [0.05, 0.1) is 16.2 Å². The van der Waals surface area contributed by atoms with E-state index in [2.05, 4.69) is 33.9 Å². The first-order chi connectivity index (χ1) is 7.19. The van der Waals surface area contributed by atoms with Crippen LogP contribution in [0.2, 0.25) is 0 Å². The summed E-state index contributed by atoms with van der Waals surface area (Å²) in [6.45, 7) is 4.01. The Kier molecular flexibility index (Phi) is 4.61. The molecule has 0 radical (unpaired) electrons. The van der Waals surface area contributed by atoms with Crippen LogP contribution in [0.25, 0.3) is 0 Å². The Labute approximate surface area is 102 Å². The van der Waals surface area contributed by atoms with Gasteiger partial charge in [0, 0.05) is 0 Å². The summed E-state index contributed by atoms with van der Waals surface area (Å²) in [7, 11) is 1.36. The number of carbonyl (C=O) groups excluding carboxylic acids is 1. The Morgan fingerprint density at radius 1 is 1.60 bits per heavy atom. The molecule has 0 aliphatic heterocycles. The van der Waals surface area contributed by atoms with Gasteiger partial charge in [-0.25, -0.2) is 4.79 Å². The minimum atomic E-state index is -0.344. The molecule has 0 N–H and O–H groups in total. The molecule has 1 aromatic rings. The van der Waals surface area contributed by atoms with Crippen molar-refractivity contribution >= 4 is 28.6 Å². The van der Waals surface area contributed by atoms with Crippen LogP contribution in [-0.2, 0) is 4.74 Å². The highest BCUT2D eigenvalue weighted by Crippen LogP contribution is 2.22. The van der Waals surface area contributed by atoms with Crippen LogP contribution in [0.1, 0.15) is 10.4 Å². The lowest BCUT2D eigenvalue weighted by molar-refractivity contribution is 0.0600. The Balaban J connectivity index is 2.87. The predicted molar refractivity (Wildman–Crippen MR) is 66.2 cm³/mol. The molecule has 0 saturated carbocycles. The maximum absolute atomic E-state index is 11.2. The van der Waals surface area contributed by atoms with Crippen molar-refractivity contribution in [2.24, 2.45) is 0 Å². The van der Waals surface area contributed by atoms with Crippen LogP contribution in [-0.4, -0.2) is 19.7 Å². The fourth-order valence-electron chi connectivity index (χ4n) is 1.01. The van der Waals surface area contributed by atoms with Crippen molar-refractivity contribution in [1.82, 2.24) is 0 Å². The van der Waals surface area contributed by atoms with Crippen molar-refractivity contribution < 1.29 is 14.3 Å². The molecule has 0 aromatic heterocycles. The Hall–Kier alpha value is -1.04. The first-order valence-corrected chi connectivity index (χ1v) is 5.38. The predicted octanol–water partition coefficient (Wildman–Crippen LogP) is 2.64. The number of hydrogen-bond donors (Lipinski definition) is 0. The highest BCUT2D eigenvalue weighted by Gasteiger charge is 2.08. The van der Waals surface area contributed by atoms with Crippen LogP contribution in [0.5, 0.6) is 5.75 Å². The van der Waals surface area contributed by atoms with E-state index in [1.807, 2.05) is 0 Å². The van der Waals surface area contributed by atoms with Crippen LogP contribution < -0.4 is 4.74 Å². The Morgan fingerprint density at radius 3 is 2.87 bits per heavy atom. The number of methoxy groups -OCH3 is 1. The molecule has 3 nitrogen and oxygen atoms in total. The fraction of sp³-hybridized carbons (Fsp3) is 0.182. The van der Waals surface area contributed by atoms with Gasteiger partial charge < -0.3 is 9.47 Å². The molecule has 0 fully saturated rings. The molecular formula is C11H11IO3. The first-order valence-electron chi connectivity index (χ1n) is 4.30. The second kappa shape index (κ2) is 5.75. The second-order valence-electron chi connectivity index (χ2n) is 2.74. The van der Waals surface area contributed by atoms with E-state index in [4.69, 9.17) is 4.74 Å². The largest absolute Gasteiger partial charge is 0.488 e. The molecular weight excluding hydrogens is 307 g/mol. The summed E-state index contributed by atoms with van der Waals surface area (Å²) >= 11 is 2.11. The molecule has 0 saturated heterocycles. The zero-order valence-corrected chi connectivity index (χ0v) is 10.5. The summed E-state index contributed by atoms with van der Waals surface area (Å²) in [4.78, 5) is 11.2. The van der Waals surface area contributed by atoms with Crippen molar-refractivity contribution in [2.45, 2.75) is 0 Å². The SMILES string of the molecule is C=CCOc1ccc(C(=O)OC)cc1I. The Morgan fingerprint density at radius 2 is 2.33 bits per heavy atom. The number of carbonyl (C=O) groups is 1. The molecule has 0 amide bonds. The standard InChI is InChI=1S/C11H11IO3/c1-3-6-15-10-5-4-8(7-9(10)12)11(13)14-2/h3-5,7H,1,6H2,2H3. The maximum Gasteiger partial charge on any atom is 0.337 e. The summed E-state index contributed by atoms with van der Waals surface area (Å²) in [5.41, 5.74) is 0.521. The van der Waals surface area contributed by atoms with Gasteiger partial charge in [0.25, 0.3) is 0 Å². The van der Waals surface area contributed by atoms with Gasteiger partial charge in [-0.05, 0) is 40.8 Å². The van der Waals surface area contributed by atoms with E-state index in [0.717, 1.165) is 9.32 Å². The smallest absolute Gasteiger partial charge is 0.337 e. The summed E-state index contributed by atoms with van der Waals surface area (Å²) in [5.74, 6) is 0.395. The molecule has 0 heterocycles. The lowest BCUT2D eigenvalue weighted by atomic mass is 10.2. The number of ether oxygens (including phenoxy) is 2. The third kappa shape index (κ3) is 3.23. The van der Waals surface area contributed by atoms with Gasteiger partial charge >= 0.3 is 5.97 Å². The summed E-state index contributed by atoms with van der Waals surface area (Å²) in [5, 5.41) is 0. The van der Waals surface area contributed by atoms with E-state index in [1.54, 1.807) is 24.3 Å². The second-order valence-corrected chi connectivity index (χ2v) is 3.90. The van der Waals surface area contributed by atoms with Crippen LogP contribution in [0, 0.1) is 3.57 Å². The lowest BCUT2D eigenvalue weighted by Gasteiger charge is -2.07. The van der Waals surface area contributed by atoms with Crippen LogP contribution in [0.4, 0.5) is 0 Å². The third-order valence-corrected chi connectivity index (χ3v) is 2.55. The number of benzene rings is 1. The van der Waals surface area contributed by atoms with Crippen molar-refractivity contribution in [3.63, 3.8) is 0 Å². The molecule has 0 atom stereocenters. The van der Waals surface area contributed by atoms with Gasteiger partial charge in [-0.15, -0.1) is 0 Å². The van der Waals surface area contributed by atoms with E-state index < -0.39 is 0 Å². The highest BCUT2D eigenvalue weighted by molar-refractivity contribution is 14.1. The molecule has 0 aliphatic rings. The molecule has 0 bridgehead atoms. The monoisotopic (exact) mass is 318 g/mol. The summed E-state index contributed by atoms with van der Waals surface area (Å²) < 4.78 is 10.9. The average molecular weight is 318 g/mol. The molecule has 1 rings (SSSR count). The zero-order valence-electron chi connectivity index (χ0n) is 8.33. The minimum absolute atomic E-state index is 0.344. The zero-order chi connectivity index (χ0) is 11.3. The lowest BCUT2D eigenvalue weighted by Crippen LogP contribution is -2.02. The highest BCUT2D eigenvalue weighted by atomic mass is 127. The minimum Gasteiger partial charge on any atom is -0.488 e. The van der Waals surface area contributed by atoms with Crippen LogP contribution >= 0.6 is 22.6 Å². The van der Waals surface area contributed by atoms with Crippen molar-refractivity contribution in [3.8, 4) is 5.75 Å². The van der Waals surface area contributed by atoms with E-state index in [0.29, 0.717) is 12.2 Å². The molecule has 0 aliphatic carbocycles. The van der Waals surface area contributed by atoms with Crippen LogP contribution in [0.15, 0.2) is 30.9 Å². The quantitative estimate of drug-likeness (QED) is 0.486. The summed E-state index contributed by atoms with van der Waals surface area (Å²) in [6.07, 6.45) is 1.67. The van der Waals surface area contributed by atoms with Gasteiger partial charge in [0.1, 0.15) is 12.4 Å². The normalized spacial score (nSPS) is 9.47. The van der Waals surface area contributed by atoms with Crippen molar-refractivity contribution in [3.05, 3.63) is 40.0 Å². The van der Waals surface area contributed by atoms with Gasteiger partial charge in [-0.1, -0.05) is 12.7 Å². The number of rotatable bonds is 4. The van der Waals surface area contributed by atoms with E-state index in [9.17, 15) is 4.79 Å². The number of halogens is 1. The first kappa shape index (κ1) is 12.0. The third-order valence-electron chi connectivity index (χ3n) is 1.71. The van der Waals surface area contributed by atoms with Crippen molar-refractivity contribution in [2.75, 3.05) is 13.7 Å². The molecule has 15 heavy (non-hydrogen) atoms. The van der Waals surface area contributed by atoms with E-state index >= 15 is 0 Å². The van der Waals surface area contributed by atoms with Gasteiger partial charge in [0.2, 0.25) is 0 Å². The van der Waals surface area contributed by atoms with Gasteiger partial charge in [-0.2, -0.15) is 0 Å². The molecule has 0 spiro atoms. The van der Waals surface area contributed by atoms with Gasteiger partial charge in [-0.3, -0.25) is 0 Å². The molecule has 0 unspecified atom stereocenters. The van der Waals surface area contributed by atoms with Crippen LogP contribution in [0.3, 0.4) is 0 Å². The van der Waals surface area contributed by atoms with Gasteiger partial charge in [0.15, 0.2) is 0 Å². The fourth-order valence-corrected chi connectivity index (χ4v) is 1.68. The molecule has 80 valence electrons. The Bertz CT molecular complexity index is 374. The average Bonchev–Trinajstić information content (AvgIpc) is 2.26. The molecule has 4 heteroatoms. The number of esters is 1. The van der Waals surface area contributed by atoms with Crippen molar-refractivity contribution in [1.29, 1.82) is 0 Å². The van der Waals surface area contributed by atoms with E-state index in [1.165, 1.54) is 7.11 Å². The summed E-state index contributed by atoms with van der Waals surface area (Å²) in [6, 6.07) is 5.15. The topological polar surface area (TPSA) is 35.5 Å². The van der Waals surface area contributed by atoms with E-state index in [-0.39, 0.29) is 5.97 Å². The molecule has 1 aromatic carbocycles.